The molecule has 1 amide bonds. The predicted molar refractivity (Wildman–Crippen MR) is 97.7 cm³/mol. The molecule has 0 bridgehead atoms. The summed E-state index contributed by atoms with van der Waals surface area (Å²) in [5, 5.41) is 13.2. The summed E-state index contributed by atoms with van der Waals surface area (Å²) in [6.45, 7) is 0. The summed E-state index contributed by atoms with van der Waals surface area (Å²) in [7, 11) is 1.42. The van der Waals surface area contributed by atoms with E-state index >= 15 is 0 Å². The van der Waals surface area contributed by atoms with E-state index in [9.17, 15) is 14.7 Å². The van der Waals surface area contributed by atoms with Crippen LogP contribution < -0.4 is 11.1 Å². The van der Waals surface area contributed by atoms with Crippen molar-refractivity contribution >= 4 is 29.0 Å². The van der Waals surface area contributed by atoms with E-state index in [-0.39, 0.29) is 17.7 Å². The number of likely N-dealkylation sites (N-methyl/N-ethyl adjacent to an activating group) is 1. The first kappa shape index (κ1) is 18.7. The number of amides is 1. The van der Waals surface area contributed by atoms with E-state index in [1.807, 2.05) is 6.07 Å². The minimum absolute atomic E-state index is 0.0771. The second kappa shape index (κ2) is 8.46. The number of ketones is 1. The molecule has 6 heteroatoms. The molecule has 0 aliphatic rings. The molecule has 0 spiro atoms. The van der Waals surface area contributed by atoms with Crippen molar-refractivity contribution in [1.82, 2.24) is 5.32 Å². The van der Waals surface area contributed by atoms with Crippen LogP contribution in [0.25, 0.3) is 5.70 Å². The first-order valence-corrected chi connectivity index (χ1v) is 8.05. The van der Waals surface area contributed by atoms with Gasteiger partial charge in [0.2, 0.25) is 0 Å². The zero-order chi connectivity index (χ0) is 18.4. The fourth-order valence-corrected chi connectivity index (χ4v) is 2.49. The van der Waals surface area contributed by atoms with Crippen molar-refractivity contribution in [2.75, 3.05) is 7.05 Å². The van der Waals surface area contributed by atoms with Crippen LogP contribution in [-0.4, -0.2) is 23.8 Å². The van der Waals surface area contributed by atoms with Gasteiger partial charge in [-0.1, -0.05) is 54.1 Å². The van der Waals surface area contributed by atoms with Crippen LogP contribution in [0.2, 0.25) is 5.02 Å². The minimum atomic E-state index is -1.06. The highest BCUT2D eigenvalue weighted by atomic mass is 35.5. The SMILES string of the molecule is CNC(=O)C(C(=O)CC(O)c1ccc(Cl)cc1)=C(N)c1ccccc1. The van der Waals surface area contributed by atoms with E-state index in [0.29, 0.717) is 16.1 Å². The standard InChI is InChI=1S/C19H19ClN2O3/c1-22-19(25)17(18(21)13-5-3-2-4-6-13)16(24)11-15(23)12-7-9-14(20)10-8-12/h2-10,15,23H,11,21H2,1H3,(H,22,25). The van der Waals surface area contributed by atoms with Crippen molar-refractivity contribution in [1.29, 1.82) is 0 Å². The zero-order valence-corrected chi connectivity index (χ0v) is 14.5. The molecule has 0 aliphatic carbocycles. The molecule has 1 unspecified atom stereocenters. The Morgan fingerprint density at radius 2 is 1.72 bits per heavy atom. The highest BCUT2D eigenvalue weighted by Gasteiger charge is 2.24. The van der Waals surface area contributed by atoms with Gasteiger partial charge in [0.05, 0.1) is 11.8 Å². The van der Waals surface area contributed by atoms with Crippen molar-refractivity contribution in [2.24, 2.45) is 5.73 Å². The van der Waals surface area contributed by atoms with Crippen molar-refractivity contribution in [3.8, 4) is 0 Å². The van der Waals surface area contributed by atoms with Crippen LogP contribution in [0, 0.1) is 0 Å². The number of nitrogens with one attached hydrogen (secondary N) is 1. The van der Waals surface area contributed by atoms with Gasteiger partial charge in [0.25, 0.3) is 5.91 Å². The Morgan fingerprint density at radius 1 is 1.12 bits per heavy atom. The largest absolute Gasteiger partial charge is 0.397 e. The van der Waals surface area contributed by atoms with Gasteiger partial charge < -0.3 is 16.2 Å². The van der Waals surface area contributed by atoms with Gasteiger partial charge in [-0.25, -0.2) is 0 Å². The van der Waals surface area contributed by atoms with Crippen molar-refractivity contribution in [2.45, 2.75) is 12.5 Å². The normalized spacial score (nSPS) is 12.9. The Morgan fingerprint density at radius 3 is 2.28 bits per heavy atom. The summed E-state index contributed by atoms with van der Waals surface area (Å²) in [4.78, 5) is 24.8. The molecule has 0 fully saturated rings. The second-order valence-electron chi connectivity index (χ2n) is 5.43. The third-order valence-corrected chi connectivity index (χ3v) is 3.97. The molecule has 0 saturated heterocycles. The third kappa shape index (κ3) is 4.68. The average molecular weight is 359 g/mol. The number of aliphatic hydroxyl groups excluding tert-OH is 1. The van der Waals surface area contributed by atoms with Crippen LogP contribution in [0.1, 0.15) is 23.7 Å². The molecule has 4 N–H and O–H groups in total. The van der Waals surface area contributed by atoms with Crippen LogP contribution in [0.4, 0.5) is 0 Å². The molecule has 0 saturated carbocycles. The lowest BCUT2D eigenvalue weighted by molar-refractivity contribution is -0.123. The van der Waals surface area contributed by atoms with Crippen LogP contribution in [0.3, 0.4) is 0 Å². The highest BCUT2D eigenvalue weighted by Crippen LogP contribution is 2.23. The van der Waals surface area contributed by atoms with Crippen LogP contribution in [0.15, 0.2) is 60.2 Å². The zero-order valence-electron chi connectivity index (χ0n) is 13.7. The van der Waals surface area contributed by atoms with Gasteiger partial charge in [-0.2, -0.15) is 0 Å². The fourth-order valence-electron chi connectivity index (χ4n) is 2.37. The molecular formula is C19H19ClN2O3. The highest BCUT2D eigenvalue weighted by molar-refractivity contribution is 6.30. The molecular weight excluding hydrogens is 340 g/mol. The Hall–Kier alpha value is -2.63. The number of aliphatic hydroxyl groups is 1. The molecule has 0 aliphatic heterocycles. The summed E-state index contributed by atoms with van der Waals surface area (Å²) < 4.78 is 0. The Labute approximate surface area is 151 Å². The maximum absolute atomic E-state index is 12.6. The molecule has 1 atom stereocenters. The first-order chi connectivity index (χ1) is 11.9. The van der Waals surface area contributed by atoms with Gasteiger partial charge in [0.15, 0.2) is 5.78 Å². The maximum atomic E-state index is 12.6. The monoisotopic (exact) mass is 358 g/mol. The number of carbonyl (C=O) groups is 2. The average Bonchev–Trinajstić information content (AvgIpc) is 2.62. The van der Waals surface area contributed by atoms with Crippen molar-refractivity contribution in [3.05, 3.63) is 76.3 Å². The Kier molecular flexibility index (Phi) is 6.33. The number of nitrogens with two attached hydrogens (primary N) is 1. The molecule has 2 aromatic rings. The Bertz CT molecular complexity index is 786. The molecule has 5 nitrogen and oxygen atoms in total. The quantitative estimate of drug-likeness (QED) is 0.420. The lowest BCUT2D eigenvalue weighted by Crippen LogP contribution is -2.28. The van der Waals surface area contributed by atoms with E-state index < -0.39 is 17.8 Å². The molecule has 25 heavy (non-hydrogen) atoms. The van der Waals surface area contributed by atoms with Crippen LogP contribution in [-0.2, 0) is 9.59 Å². The number of hydrogen-bond acceptors (Lipinski definition) is 4. The third-order valence-electron chi connectivity index (χ3n) is 3.72. The summed E-state index contributed by atoms with van der Waals surface area (Å²) >= 11 is 5.82. The lowest BCUT2D eigenvalue weighted by atomic mass is 9.96. The van der Waals surface area contributed by atoms with Crippen LogP contribution >= 0.6 is 11.6 Å². The van der Waals surface area contributed by atoms with Crippen molar-refractivity contribution < 1.29 is 14.7 Å². The van der Waals surface area contributed by atoms with Crippen molar-refractivity contribution in [3.63, 3.8) is 0 Å². The lowest BCUT2D eigenvalue weighted by Gasteiger charge is -2.14. The molecule has 130 valence electrons. The van der Waals surface area contributed by atoms with Gasteiger partial charge in [0, 0.05) is 18.5 Å². The second-order valence-corrected chi connectivity index (χ2v) is 5.86. The van der Waals surface area contributed by atoms with E-state index in [2.05, 4.69) is 5.32 Å². The van der Waals surface area contributed by atoms with E-state index in [1.54, 1.807) is 48.5 Å². The maximum Gasteiger partial charge on any atom is 0.256 e. The van der Waals surface area contributed by atoms with Crippen LogP contribution in [0.5, 0.6) is 0 Å². The predicted octanol–water partition coefficient (Wildman–Crippen LogP) is 2.45. The number of rotatable bonds is 6. The summed E-state index contributed by atoms with van der Waals surface area (Å²) in [6, 6.07) is 15.3. The number of Topliss-reactive ketones (excluding diaryl/α,β-unsaturated/α-hetero) is 1. The summed E-state index contributed by atoms with van der Waals surface area (Å²) in [5.74, 6) is -1.13. The fraction of sp³-hybridized carbons (Fsp3) is 0.158. The number of benzene rings is 2. The van der Waals surface area contributed by atoms with Gasteiger partial charge in [0.1, 0.15) is 5.57 Å². The summed E-state index contributed by atoms with van der Waals surface area (Å²) in [5.41, 5.74) is 7.06. The van der Waals surface area contributed by atoms with E-state index in [0.717, 1.165) is 0 Å². The topological polar surface area (TPSA) is 92.4 Å². The number of hydrogen-bond donors (Lipinski definition) is 3. The molecule has 0 aromatic heterocycles. The van der Waals surface area contributed by atoms with Gasteiger partial charge in [-0.3, -0.25) is 9.59 Å². The van der Waals surface area contributed by atoms with Gasteiger partial charge >= 0.3 is 0 Å². The number of halogens is 1. The van der Waals surface area contributed by atoms with Gasteiger partial charge in [-0.15, -0.1) is 0 Å². The molecule has 2 rings (SSSR count). The summed E-state index contributed by atoms with van der Waals surface area (Å²) in [6.07, 6.45) is -1.33. The van der Waals surface area contributed by atoms with Gasteiger partial charge in [-0.05, 0) is 23.3 Å². The molecule has 0 heterocycles. The minimum Gasteiger partial charge on any atom is -0.397 e. The first-order valence-electron chi connectivity index (χ1n) is 7.68. The Balaban J connectivity index is 2.30. The molecule has 2 aromatic carbocycles. The van der Waals surface area contributed by atoms with E-state index in [1.165, 1.54) is 7.05 Å². The molecule has 0 radical (unpaired) electrons. The smallest absolute Gasteiger partial charge is 0.256 e. The number of carbonyl (C=O) groups excluding carboxylic acids is 2. The van der Waals surface area contributed by atoms with E-state index in [4.69, 9.17) is 17.3 Å².